The van der Waals surface area contributed by atoms with Crippen molar-refractivity contribution >= 4 is 5.91 Å². The van der Waals surface area contributed by atoms with Crippen molar-refractivity contribution in [1.29, 1.82) is 0 Å². The molecule has 2 atom stereocenters. The predicted molar refractivity (Wildman–Crippen MR) is 67.0 cm³/mol. The summed E-state index contributed by atoms with van der Waals surface area (Å²) in [6.45, 7) is 7.77. The van der Waals surface area contributed by atoms with Crippen LogP contribution in [0.15, 0.2) is 12.7 Å². The van der Waals surface area contributed by atoms with Crippen LogP contribution < -0.4 is 5.73 Å². The number of rotatable bonds is 5. The van der Waals surface area contributed by atoms with Crippen LogP contribution in [0.2, 0.25) is 0 Å². The number of nitrogens with two attached hydrogens (primary N) is 1. The molecule has 0 bridgehead atoms. The SMILES string of the molecule is C=CCN(CC)C(=O)C1CCCCC1CN. The third-order valence-corrected chi connectivity index (χ3v) is 3.57. The fraction of sp³-hybridized carbons (Fsp3) is 0.769. The van der Waals surface area contributed by atoms with E-state index in [0.29, 0.717) is 19.0 Å². The first kappa shape index (κ1) is 13.2. The van der Waals surface area contributed by atoms with Crippen molar-refractivity contribution in [3.8, 4) is 0 Å². The molecule has 0 saturated heterocycles. The van der Waals surface area contributed by atoms with Crippen molar-refractivity contribution in [3.63, 3.8) is 0 Å². The van der Waals surface area contributed by atoms with Crippen molar-refractivity contribution in [2.45, 2.75) is 32.6 Å². The van der Waals surface area contributed by atoms with E-state index in [0.717, 1.165) is 19.4 Å². The summed E-state index contributed by atoms with van der Waals surface area (Å²) in [6.07, 6.45) is 6.30. The van der Waals surface area contributed by atoms with Gasteiger partial charge in [0.05, 0.1) is 0 Å². The van der Waals surface area contributed by atoms with Gasteiger partial charge in [-0.05, 0) is 32.2 Å². The Labute approximate surface area is 98.7 Å². The van der Waals surface area contributed by atoms with Gasteiger partial charge in [0.25, 0.3) is 0 Å². The summed E-state index contributed by atoms with van der Waals surface area (Å²) >= 11 is 0. The molecule has 3 nitrogen and oxygen atoms in total. The van der Waals surface area contributed by atoms with Crippen molar-refractivity contribution < 1.29 is 4.79 Å². The predicted octanol–water partition coefficient (Wildman–Crippen LogP) is 1.79. The van der Waals surface area contributed by atoms with Gasteiger partial charge in [-0.15, -0.1) is 6.58 Å². The lowest BCUT2D eigenvalue weighted by molar-refractivity contribution is -0.137. The third kappa shape index (κ3) is 3.08. The van der Waals surface area contributed by atoms with Gasteiger partial charge in [-0.25, -0.2) is 0 Å². The number of nitrogens with zero attached hydrogens (tertiary/aromatic N) is 1. The Bertz CT molecular complexity index is 240. The smallest absolute Gasteiger partial charge is 0.226 e. The molecule has 1 aliphatic rings. The Hall–Kier alpha value is -0.830. The van der Waals surface area contributed by atoms with Crippen LogP contribution in [0.25, 0.3) is 0 Å². The van der Waals surface area contributed by atoms with Crippen molar-refractivity contribution in [1.82, 2.24) is 4.90 Å². The molecule has 2 unspecified atom stereocenters. The summed E-state index contributed by atoms with van der Waals surface area (Å²) in [5.74, 6) is 0.816. The first-order valence-corrected chi connectivity index (χ1v) is 6.34. The lowest BCUT2D eigenvalue weighted by atomic mass is 9.78. The van der Waals surface area contributed by atoms with E-state index in [1.54, 1.807) is 6.08 Å². The van der Waals surface area contributed by atoms with E-state index in [9.17, 15) is 4.79 Å². The summed E-state index contributed by atoms with van der Waals surface area (Å²) < 4.78 is 0. The second-order valence-corrected chi connectivity index (χ2v) is 4.55. The monoisotopic (exact) mass is 224 g/mol. The molecule has 1 saturated carbocycles. The number of likely N-dealkylation sites (N-methyl/N-ethyl adjacent to an activating group) is 1. The minimum atomic E-state index is 0.152. The lowest BCUT2D eigenvalue weighted by Gasteiger charge is -2.33. The van der Waals surface area contributed by atoms with E-state index in [-0.39, 0.29) is 11.8 Å². The molecule has 0 aromatic rings. The molecule has 3 heteroatoms. The molecule has 0 spiro atoms. The van der Waals surface area contributed by atoms with Gasteiger partial charge in [-0.2, -0.15) is 0 Å². The molecule has 1 amide bonds. The standard InChI is InChI=1S/C13H24N2O/c1-3-9-15(4-2)13(16)12-8-6-5-7-11(12)10-14/h3,11-12H,1,4-10,14H2,2H3. The topological polar surface area (TPSA) is 46.3 Å². The molecule has 0 heterocycles. The largest absolute Gasteiger partial charge is 0.339 e. The Morgan fingerprint density at radius 3 is 2.75 bits per heavy atom. The van der Waals surface area contributed by atoms with Crippen molar-refractivity contribution in [3.05, 3.63) is 12.7 Å². The molecule has 16 heavy (non-hydrogen) atoms. The summed E-state index contributed by atoms with van der Waals surface area (Å²) in [6, 6.07) is 0. The number of hydrogen-bond donors (Lipinski definition) is 1. The summed E-state index contributed by atoms with van der Waals surface area (Å²) in [5.41, 5.74) is 5.76. The Morgan fingerprint density at radius 1 is 1.50 bits per heavy atom. The highest BCUT2D eigenvalue weighted by Crippen LogP contribution is 2.30. The van der Waals surface area contributed by atoms with Gasteiger partial charge < -0.3 is 10.6 Å². The van der Waals surface area contributed by atoms with Crippen molar-refractivity contribution in [2.24, 2.45) is 17.6 Å². The number of amides is 1. The molecule has 1 aliphatic carbocycles. The summed E-state index contributed by atoms with van der Waals surface area (Å²) in [4.78, 5) is 14.2. The van der Waals surface area contributed by atoms with E-state index in [4.69, 9.17) is 5.73 Å². The van der Waals surface area contributed by atoms with E-state index in [2.05, 4.69) is 6.58 Å². The van der Waals surface area contributed by atoms with Crippen LogP contribution in [0, 0.1) is 11.8 Å². The van der Waals surface area contributed by atoms with Gasteiger partial charge in [-0.3, -0.25) is 4.79 Å². The van der Waals surface area contributed by atoms with Crippen molar-refractivity contribution in [2.75, 3.05) is 19.6 Å². The summed E-state index contributed by atoms with van der Waals surface area (Å²) in [5, 5.41) is 0. The fourth-order valence-corrected chi connectivity index (χ4v) is 2.58. The van der Waals surface area contributed by atoms with Crippen LogP contribution in [0.5, 0.6) is 0 Å². The van der Waals surface area contributed by atoms with Gasteiger partial charge in [0, 0.05) is 19.0 Å². The zero-order valence-electron chi connectivity index (χ0n) is 10.3. The molecule has 0 aromatic carbocycles. The van der Waals surface area contributed by atoms with E-state index >= 15 is 0 Å². The molecule has 0 aliphatic heterocycles. The summed E-state index contributed by atoms with van der Waals surface area (Å²) in [7, 11) is 0. The minimum absolute atomic E-state index is 0.152. The minimum Gasteiger partial charge on any atom is -0.339 e. The molecular formula is C13H24N2O. The van der Waals surface area contributed by atoms with Crippen LogP contribution in [0.4, 0.5) is 0 Å². The van der Waals surface area contributed by atoms with E-state index in [1.165, 1.54) is 12.8 Å². The zero-order chi connectivity index (χ0) is 12.0. The molecule has 1 rings (SSSR count). The zero-order valence-corrected chi connectivity index (χ0v) is 10.3. The highest BCUT2D eigenvalue weighted by molar-refractivity contribution is 5.79. The second kappa shape index (κ2) is 6.69. The number of hydrogen-bond acceptors (Lipinski definition) is 2. The van der Waals surface area contributed by atoms with Crippen LogP contribution >= 0.6 is 0 Å². The normalized spacial score (nSPS) is 25.1. The molecular weight excluding hydrogens is 200 g/mol. The third-order valence-electron chi connectivity index (χ3n) is 3.57. The number of carbonyl (C=O) groups is 1. The van der Waals surface area contributed by atoms with Crippen LogP contribution in [-0.4, -0.2) is 30.4 Å². The fourth-order valence-electron chi connectivity index (χ4n) is 2.58. The highest BCUT2D eigenvalue weighted by atomic mass is 16.2. The first-order valence-electron chi connectivity index (χ1n) is 6.34. The van der Waals surface area contributed by atoms with Crippen LogP contribution in [0.3, 0.4) is 0 Å². The van der Waals surface area contributed by atoms with Gasteiger partial charge in [-0.1, -0.05) is 18.9 Å². The average molecular weight is 224 g/mol. The molecule has 2 N–H and O–H groups in total. The molecule has 1 fully saturated rings. The van der Waals surface area contributed by atoms with Gasteiger partial charge in [0.15, 0.2) is 0 Å². The maximum Gasteiger partial charge on any atom is 0.226 e. The average Bonchev–Trinajstić information content (AvgIpc) is 2.35. The van der Waals surface area contributed by atoms with Gasteiger partial charge in [0.1, 0.15) is 0 Å². The van der Waals surface area contributed by atoms with E-state index in [1.807, 2.05) is 11.8 Å². The maximum atomic E-state index is 12.3. The number of carbonyl (C=O) groups excluding carboxylic acids is 1. The second-order valence-electron chi connectivity index (χ2n) is 4.55. The van der Waals surface area contributed by atoms with E-state index < -0.39 is 0 Å². The Kier molecular flexibility index (Phi) is 5.53. The van der Waals surface area contributed by atoms with Gasteiger partial charge in [0.2, 0.25) is 5.91 Å². The molecule has 0 radical (unpaired) electrons. The van der Waals surface area contributed by atoms with Crippen LogP contribution in [-0.2, 0) is 4.79 Å². The molecule has 0 aromatic heterocycles. The lowest BCUT2D eigenvalue weighted by Crippen LogP contribution is -2.42. The molecule has 92 valence electrons. The van der Waals surface area contributed by atoms with Crippen LogP contribution in [0.1, 0.15) is 32.6 Å². The Morgan fingerprint density at radius 2 is 2.19 bits per heavy atom. The highest BCUT2D eigenvalue weighted by Gasteiger charge is 2.31. The van der Waals surface area contributed by atoms with Gasteiger partial charge >= 0.3 is 0 Å². The first-order chi connectivity index (χ1) is 7.74. The Balaban J connectivity index is 2.64. The maximum absolute atomic E-state index is 12.3. The quantitative estimate of drug-likeness (QED) is 0.724.